The zero-order valence-corrected chi connectivity index (χ0v) is 6.52. The van der Waals surface area contributed by atoms with Gasteiger partial charge in [-0.15, -0.1) is 0 Å². The molecule has 1 rings (SSSR count). The second kappa shape index (κ2) is 8.01. The molecule has 7 heteroatoms. The van der Waals surface area contributed by atoms with Crippen molar-refractivity contribution in [3.63, 3.8) is 0 Å². The fraction of sp³-hybridized carbons (Fsp3) is 0.200. The van der Waals surface area contributed by atoms with Crippen LogP contribution in [0, 0.1) is 0 Å². The summed E-state index contributed by atoms with van der Waals surface area (Å²) in [5, 5.41) is 0. The van der Waals surface area contributed by atoms with Gasteiger partial charge in [-0.1, -0.05) is 6.08 Å². The van der Waals surface area contributed by atoms with Crippen molar-refractivity contribution in [2.75, 3.05) is 6.61 Å². The van der Waals surface area contributed by atoms with Crippen molar-refractivity contribution in [1.29, 1.82) is 0 Å². The van der Waals surface area contributed by atoms with Crippen LogP contribution < -0.4 is 0 Å². The van der Waals surface area contributed by atoms with Crippen molar-refractivity contribution in [2.24, 2.45) is 0 Å². The molecule has 0 aromatic rings. The Bertz CT molecular complexity index is 176. The Morgan fingerprint density at radius 3 is 1.83 bits per heavy atom. The van der Waals surface area contributed by atoms with Crippen LogP contribution in [0.1, 0.15) is 0 Å². The molecule has 0 aliphatic carbocycles. The van der Waals surface area contributed by atoms with Crippen LogP contribution in [0.15, 0.2) is 24.5 Å². The molecule has 0 aromatic heterocycles. The second-order valence-electron chi connectivity index (χ2n) is 1.60. The molecule has 0 saturated carbocycles. The molecule has 0 atom stereocenters. The molecule has 0 bridgehead atoms. The van der Waals surface area contributed by atoms with Crippen LogP contribution in [0.5, 0.6) is 0 Å². The van der Waals surface area contributed by atoms with E-state index in [0.717, 1.165) is 6.61 Å². The molecule has 0 fully saturated rings. The molecule has 66 valence electrons. The Labute approximate surface area is 92.3 Å². The molecule has 5 nitrogen and oxygen atoms in total. The molecule has 0 saturated heterocycles. The molecule has 1 heterocycles. The third kappa shape index (κ3) is 22.4. The van der Waals surface area contributed by atoms with E-state index in [-0.39, 0.29) is 29.6 Å². The van der Waals surface area contributed by atoms with E-state index in [1.807, 2.05) is 18.2 Å². The molecule has 0 aromatic carbocycles. The fourth-order valence-corrected chi connectivity index (χ4v) is 0.346. The van der Waals surface area contributed by atoms with Gasteiger partial charge >= 0.3 is 37.4 Å². The Kier molecular flexibility index (Phi) is 9.94. The van der Waals surface area contributed by atoms with E-state index in [9.17, 15) is 0 Å². The van der Waals surface area contributed by atoms with E-state index in [1.165, 1.54) is 0 Å². The zero-order valence-electron chi connectivity index (χ0n) is 5.62. The SMILES string of the molecule is C1=CCOC=C1.O=P(O)(O)O.[NaH]. The van der Waals surface area contributed by atoms with Crippen LogP contribution >= 0.6 is 7.82 Å². The molecule has 0 spiro atoms. The zero-order chi connectivity index (χ0) is 8.74. The third-order valence-electron chi connectivity index (χ3n) is 0.614. The van der Waals surface area contributed by atoms with Crippen LogP contribution in [0.2, 0.25) is 0 Å². The molecule has 1 aliphatic heterocycles. The van der Waals surface area contributed by atoms with Gasteiger partial charge < -0.3 is 19.4 Å². The summed E-state index contributed by atoms with van der Waals surface area (Å²) in [5.41, 5.74) is 0. The number of rotatable bonds is 0. The van der Waals surface area contributed by atoms with E-state index in [2.05, 4.69) is 0 Å². The number of hydrogen-bond acceptors (Lipinski definition) is 2. The summed E-state index contributed by atoms with van der Waals surface area (Å²) < 4.78 is 13.7. The van der Waals surface area contributed by atoms with Crippen molar-refractivity contribution >= 4 is 37.4 Å². The van der Waals surface area contributed by atoms with E-state index in [4.69, 9.17) is 24.0 Å². The number of phosphoric acid groups is 1. The van der Waals surface area contributed by atoms with Crippen molar-refractivity contribution in [1.82, 2.24) is 0 Å². The Hall–Kier alpha value is 0.390. The minimum absolute atomic E-state index is 0. The maximum absolute atomic E-state index is 8.88. The van der Waals surface area contributed by atoms with Crippen LogP contribution in [-0.4, -0.2) is 50.8 Å². The molecular formula is C5H10NaO5P. The summed E-state index contributed by atoms with van der Waals surface area (Å²) in [6.45, 7) is 0.733. The van der Waals surface area contributed by atoms with Crippen molar-refractivity contribution in [3.05, 3.63) is 24.5 Å². The van der Waals surface area contributed by atoms with Crippen LogP contribution in [0.25, 0.3) is 0 Å². The molecule has 0 unspecified atom stereocenters. The number of allylic oxidation sites excluding steroid dienone is 2. The maximum atomic E-state index is 8.88. The topological polar surface area (TPSA) is 87.0 Å². The average Bonchev–Trinajstić information content (AvgIpc) is 1.88. The predicted octanol–water partition coefficient (Wildman–Crippen LogP) is -0.491. The first-order valence-electron chi connectivity index (χ1n) is 2.72. The molecule has 12 heavy (non-hydrogen) atoms. The molecule has 0 amide bonds. The third-order valence-corrected chi connectivity index (χ3v) is 0.614. The molecule has 0 radical (unpaired) electrons. The van der Waals surface area contributed by atoms with Crippen molar-refractivity contribution in [2.45, 2.75) is 0 Å². The van der Waals surface area contributed by atoms with Crippen LogP contribution in [0.3, 0.4) is 0 Å². The first-order chi connectivity index (χ1) is 5.00. The summed E-state index contributed by atoms with van der Waals surface area (Å²) >= 11 is 0. The van der Waals surface area contributed by atoms with Gasteiger partial charge in [0, 0.05) is 0 Å². The van der Waals surface area contributed by atoms with E-state index < -0.39 is 7.82 Å². The van der Waals surface area contributed by atoms with E-state index in [1.54, 1.807) is 6.26 Å². The van der Waals surface area contributed by atoms with Gasteiger partial charge in [0.05, 0.1) is 6.26 Å². The second-order valence-corrected chi connectivity index (χ2v) is 2.63. The van der Waals surface area contributed by atoms with Gasteiger partial charge in [0.2, 0.25) is 0 Å². The van der Waals surface area contributed by atoms with Gasteiger partial charge in [-0.3, -0.25) is 0 Å². The monoisotopic (exact) mass is 204 g/mol. The first kappa shape index (κ1) is 14.9. The summed E-state index contributed by atoms with van der Waals surface area (Å²) in [4.78, 5) is 21.6. The van der Waals surface area contributed by atoms with Gasteiger partial charge in [-0.05, 0) is 12.2 Å². The Morgan fingerprint density at radius 1 is 1.25 bits per heavy atom. The van der Waals surface area contributed by atoms with Crippen molar-refractivity contribution < 1.29 is 24.0 Å². The van der Waals surface area contributed by atoms with Crippen LogP contribution in [-0.2, 0) is 9.30 Å². The predicted molar refractivity (Wildman–Crippen MR) is 45.6 cm³/mol. The van der Waals surface area contributed by atoms with Crippen molar-refractivity contribution in [3.8, 4) is 0 Å². The van der Waals surface area contributed by atoms with Gasteiger partial charge in [0.1, 0.15) is 6.61 Å². The first-order valence-corrected chi connectivity index (χ1v) is 4.28. The summed E-state index contributed by atoms with van der Waals surface area (Å²) in [6, 6.07) is 0. The Balaban J connectivity index is 0. The minimum atomic E-state index is -4.64. The molecule has 3 N–H and O–H groups in total. The van der Waals surface area contributed by atoms with Gasteiger partial charge in [0.15, 0.2) is 0 Å². The van der Waals surface area contributed by atoms with Gasteiger partial charge in [-0.2, -0.15) is 0 Å². The average molecular weight is 204 g/mol. The molecule has 1 aliphatic rings. The van der Waals surface area contributed by atoms with Crippen LogP contribution in [0.4, 0.5) is 0 Å². The fourth-order valence-electron chi connectivity index (χ4n) is 0.346. The summed E-state index contributed by atoms with van der Waals surface area (Å²) in [7, 11) is -4.64. The van der Waals surface area contributed by atoms with E-state index >= 15 is 0 Å². The van der Waals surface area contributed by atoms with Gasteiger partial charge in [0.25, 0.3) is 0 Å². The standard InChI is InChI=1S/C5H6O.Na.H3O4P.H/c1-2-4-6-5-3-1;;1-5(2,3)4;/h1-4H,5H2;;(H3,1,2,3,4);. The number of ether oxygens (including phenoxy) is 1. The van der Waals surface area contributed by atoms with Gasteiger partial charge in [-0.25, -0.2) is 4.57 Å². The normalized spacial score (nSPS) is 13.6. The Morgan fingerprint density at radius 2 is 1.75 bits per heavy atom. The van der Waals surface area contributed by atoms with E-state index in [0.29, 0.717) is 0 Å². The quantitative estimate of drug-likeness (QED) is 0.366. The summed E-state index contributed by atoms with van der Waals surface area (Å²) in [6.07, 6.45) is 7.47. The number of hydrogen-bond donors (Lipinski definition) is 3. The summed E-state index contributed by atoms with van der Waals surface area (Å²) in [5.74, 6) is 0. The molecular weight excluding hydrogens is 194 g/mol.